The van der Waals surface area contributed by atoms with Gasteiger partial charge in [0.1, 0.15) is 23.5 Å². The van der Waals surface area contributed by atoms with Crippen LogP contribution in [0.4, 0.5) is 28.8 Å². The summed E-state index contributed by atoms with van der Waals surface area (Å²) in [5.41, 5.74) is 3.07. The minimum atomic E-state index is -0.738. The first-order valence-corrected chi connectivity index (χ1v) is 23.0. The molecule has 356 valence electrons. The van der Waals surface area contributed by atoms with E-state index >= 15 is 0 Å². The normalized spacial score (nSPS) is 16.7. The van der Waals surface area contributed by atoms with E-state index in [-0.39, 0.29) is 68.6 Å². The lowest BCUT2D eigenvalue weighted by molar-refractivity contribution is -0.137. The van der Waals surface area contributed by atoms with Gasteiger partial charge in [-0.05, 0) is 55.3 Å². The van der Waals surface area contributed by atoms with Crippen LogP contribution in [0, 0.1) is 0 Å². The molecule has 7 rings (SSSR count). The van der Waals surface area contributed by atoms with Gasteiger partial charge in [0, 0.05) is 60.4 Å². The fourth-order valence-electron chi connectivity index (χ4n) is 7.86. The van der Waals surface area contributed by atoms with Crippen LogP contribution in [-0.2, 0) is 46.5 Å². The second kappa shape index (κ2) is 23.0. The number of anilines is 5. The van der Waals surface area contributed by atoms with Crippen molar-refractivity contribution >= 4 is 87.2 Å². The smallest absolute Gasteiger partial charge is 0.255 e. The minimum Gasteiger partial charge on any atom is -0.495 e. The number of benzene rings is 2. The number of thiophene rings is 1. The van der Waals surface area contributed by atoms with Gasteiger partial charge in [-0.1, -0.05) is 24.6 Å². The summed E-state index contributed by atoms with van der Waals surface area (Å²) in [4.78, 5) is 91.2. The van der Waals surface area contributed by atoms with Crippen LogP contribution in [0.2, 0.25) is 4.34 Å². The maximum absolute atomic E-state index is 13.3. The van der Waals surface area contributed by atoms with Crippen molar-refractivity contribution in [3.8, 4) is 5.75 Å². The number of piperidine rings is 1. The quantitative estimate of drug-likeness (QED) is 0.0529. The van der Waals surface area contributed by atoms with Gasteiger partial charge >= 0.3 is 0 Å². The van der Waals surface area contributed by atoms with E-state index in [1.165, 1.54) is 23.3 Å². The first-order chi connectivity index (χ1) is 32.4. The van der Waals surface area contributed by atoms with E-state index in [4.69, 9.17) is 35.5 Å². The molecule has 22 heteroatoms. The third-order valence-corrected chi connectivity index (χ3v) is 12.5. The first kappa shape index (κ1) is 48.7. The van der Waals surface area contributed by atoms with E-state index < -0.39 is 18.0 Å². The summed E-state index contributed by atoms with van der Waals surface area (Å²) >= 11 is 7.66. The van der Waals surface area contributed by atoms with E-state index in [2.05, 4.69) is 31.6 Å². The number of halogens is 1. The maximum atomic E-state index is 13.3. The van der Waals surface area contributed by atoms with Gasteiger partial charge < -0.3 is 54.9 Å². The number of methoxy groups -OCH3 is 1. The number of nitrogens with one attached hydrogen (secondary N) is 5. The molecule has 1 saturated heterocycles. The molecule has 2 aromatic carbocycles. The number of likely N-dealkylation sites (N-methyl/N-ethyl adjacent to an activating group) is 1. The molecule has 1 fully saturated rings. The monoisotopic (exact) mass is 960 g/mol. The first-order valence-electron chi connectivity index (χ1n) is 21.8. The van der Waals surface area contributed by atoms with Gasteiger partial charge in [-0.2, -0.15) is 4.98 Å². The third kappa shape index (κ3) is 12.0. The van der Waals surface area contributed by atoms with E-state index in [9.17, 15) is 28.8 Å². The van der Waals surface area contributed by atoms with E-state index in [1.807, 2.05) is 24.0 Å². The number of hydrogen-bond acceptors (Lipinski definition) is 16. The van der Waals surface area contributed by atoms with Gasteiger partial charge in [0.2, 0.25) is 29.6 Å². The van der Waals surface area contributed by atoms with Crippen molar-refractivity contribution in [3.05, 3.63) is 80.6 Å². The van der Waals surface area contributed by atoms with Crippen LogP contribution in [0.3, 0.4) is 0 Å². The minimum absolute atomic E-state index is 0.0216. The number of carbonyl (C=O) groups is 6. The number of nitrogens with zero attached hydrogens (tertiary/aromatic N) is 5. The summed E-state index contributed by atoms with van der Waals surface area (Å²) < 4.78 is 23.0. The Morgan fingerprint density at radius 1 is 0.955 bits per heavy atom. The lowest BCUT2D eigenvalue weighted by Gasteiger charge is -2.40. The highest BCUT2D eigenvalue weighted by molar-refractivity contribution is 7.16. The highest BCUT2D eigenvalue weighted by Gasteiger charge is 2.40. The average molecular weight is 961 g/mol. The van der Waals surface area contributed by atoms with Crippen molar-refractivity contribution in [2.24, 2.45) is 0 Å². The van der Waals surface area contributed by atoms with E-state index in [0.29, 0.717) is 108 Å². The Morgan fingerprint density at radius 2 is 1.72 bits per heavy atom. The average Bonchev–Trinajstić information content (AvgIpc) is 3.89. The number of imide groups is 1. The van der Waals surface area contributed by atoms with Gasteiger partial charge in [0.25, 0.3) is 11.8 Å². The van der Waals surface area contributed by atoms with Crippen LogP contribution in [0.5, 0.6) is 5.75 Å². The number of amides is 6. The molecule has 67 heavy (non-hydrogen) atoms. The molecule has 5 N–H and O–H groups in total. The van der Waals surface area contributed by atoms with Crippen LogP contribution in [0.15, 0.2) is 54.7 Å². The highest BCUT2D eigenvalue weighted by Crippen LogP contribution is 2.38. The van der Waals surface area contributed by atoms with Crippen molar-refractivity contribution in [1.82, 2.24) is 30.8 Å². The summed E-state index contributed by atoms with van der Waals surface area (Å²) in [6.07, 6.45) is 2.62. The molecule has 6 amide bonds. The maximum Gasteiger partial charge on any atom is 0.255 e. The third-order valence-electron chi connectivity index (χ3n) is 11.3. The summed E-state index contributed by atoms with van der Waals surface area (Å²) in [7, 11) is 3.23. The molecule has 2 aromatic heterocycles. The Labute approximate surface area is 396 Å². The Bertz CT molecular complexity index is 2470. The standard InChI is InChI=1S/C45H53ClN10O10S/c1-4-33-44(62)54(2)35-23-49-45(53-40(35)55(33)25-28-9-12-37(46)67-28)51-32-10-8-27(22-36(32)63-3)41(59)48-15-17-65-19-21-66-20-18-64-16-14-47-24-39(58)50-31-7-5-6-29-30(31)26-56(43(29)61)34-11-13-38(57)52-42(34)60/h5-10,12,22-23,33-34,47H,4,11,13-21,24-26H2,1-3H3,(H,48,59)(H,50,58)(H,49,51,53)(H,52,57,60)/t33-,34?/m1/s1. The highest BCUT2D eigenvalue weighted by atomic mass is 35.5. The van der Waals surface area contributed by atoms with E-state index in [1.54, 1.807) is 54.5 Å². The summed E-state index contributed by atoms with van der Waals surface area (Å²) in [5.74, 6) is -0.491. The van der Waals surface area contributed by atoms with Crippen molar-refractivity contribution in [2.45, 2.75) is 51.4 Å². The second-order valence-electron chi connectivity index (χ2n) is 15.6. The van der Waals surface area contributed by atoms with Gasteiger partial charge in [-0.25, -0.2) is 4.98 Å². The lowest BCUT2D eigenvalue weighted by atomic mass is 10.0. The number of ether oxygens (including phenoxy) is 4. The van der Waals surface area contributed by atoms with Crippen LogP contribution in [0.1, 0.15) is 57.3 Å². The molecule has 0 radical (unpaired) electrons. The lowest BCUT2D eigenvalue weighted by Crippen LogP contribution is -2.52. The number of aromatic nitrogens is 2. The summed E-state index contributed by atoms with van der Waals surface area (Å²) in [6, 6.07) is 12.7. The molecular weight excluding hydrogens is 908 g/mol. The molecule has 0 spiro atoms. The van der Waals surface area contributed by atoms with Crippen LogP contribution < -0.4 is 41.1 Å². The fraction of sp³-hybridized carbons (Fsp3) is 0.422. The second-order valence-corrected chi connectivity index (χ2v) is 17.4. The van der Waals surface area contributed by atoms with Crippen LogP contribution in [0.25, 0.3) is 0 Å². The molecule has 3 aliphatic rings. The number of carbonyl (C=O) groups excluding carboxylic acids is 6. The van der Waals surface area contributed by atoms with Gasteiger partial charge in [0.05, 0.1) is 76.1 Å². The Morgan fingerprint density at radius 3 is 2.43 bits per heavy atom. The summed E-state index contributed by atoms with van der Waals surface area (Å²) in [6.45, 7) is 5.29. The SMILES string of the molecule is CC[C@@H]1C(=O)N(C)c2cnc(Nc3ccc(C(=O)NCCOCCOCCOCCNCC(=O)Nc4cccc5c4CN(C4CCC(=O)NC4=O)C5=O)cc3OC)nc2N1Cc1ccc(Cl)s1. The number of hydrogen-bond donors (Lipinski definition) is 5. The zero-order valence-corrected chi connectivity index (χ0v) is 38.9. The molecule has 0 saturated carbocycles. The van der Waals surface area contributed by atoms with Crippen LogP contribution >= 0.6 is 22.9 Å². The van der Waals surface area contributed by atoms with Gasteiger partial charge in [0.15, 0.2) is 5.82 Å². The fourth-order valence-corrected chi connectivity index (χ4v) is 8.95. The molecule has 20 nitrogen and oxygen atoms in total. The van der Waals surface area contributed by atoms with Crippen molar-refractivity contribution in [3.63, 3.8) is 0 Å². The van der Waals surface area contributed by atoms with Crippen molar-refractivity contribution in [2.75, 3.05) is 93.9 Å². The van der Waals surface area contributed by atoms with Gasteiger partial charge in [-0.15, -0.1) is 11.3 Å². The molecule has 1 unspecified atom stereocenters. The Kier molecular flexibility index (Phi) is 16.7. The molecule has 0 aliphatic carbocycles. The molecule has 5 heterocycles. The van der Waals surface area contributed by atoms with Crippen molar-refractivity contribution in [1.29, 1.82) is 0 Å². The largest absolute Gasteiger partial charge is 0.495 e. The van der Waals surface area contributed by atoms with Crippen molar-refractivity contribution < 1.29 is 47.7 Å². The Hall–Kier alpha value is -6.23. The zero-order valence-electron chi connectivity index (χ0n) is 37.4. The summed E-state index contributed by atoms with van der Waals surface area (Å²) in [5, 5.41) is 14.2. The predicted octanol–water partition coefficient (Wildman–Crippen LogP) is 3.47. The molecule has 2 atom stereocenters. The number of rotatable bonds is 23. The predicted molar refractivity (Wildman–Crippen MR) is 250 cm³/mol. The Balaban J connectivity index is 0.748. The van der Waals surface area contributed by atoms with E-state index in [0.717, 1.165) is 4.88 Å². The molecular formula is C45H53ClN10O10S. The van der Waals surface area contributed by atoms with Gasteiger partial charge in [-0.3, -0.25) is 34.1 Å². The molecule has 4 aromatic rings. The molecule has 0 bridgehead atoms. The topological polar surface area (TPSA) is 235 Å². The van der Waals surface area contributed by atoms with Crippen LogP contribution in [-0.4, -0.2) is 136 Å². The molecule has 3 aliphatic heterocycles. The zero-order chi connectivity index (χ0) is 47.5. The number of fused-ring (bicyclic) bond motifs is 2.